The molecule has 2 aliphatic rings. The second-order valence-corrected chi connectivity index (χ2v) is 12.5. The summed E-state index contributed by atoms with van der Waals surface area (Å²) in [4.78, 5) is 64.6. The summed E-state index contributed by atoms with van der Waals surface area (Å²) in [5.41, 5.74) is 12.7. The zero-order valence-electron chi connectivity index (χ0n) is 23.0. The highest BCUT2D eigenvalue weighted by atomic mass is 35.5. The molecule has 1 unspecified atom stereocenters. The van der Waals surface area contributed by atoms with Gasteiger partial charge in [0.25, 0.3) is 11.8 Å². The smallest absolute Gasteiger partial charge is 0.352 e. The molecular weight excluding hydrogens is 638 g/mol. The van der Waals surface area contributed by atoms with Gasteiger partial charge in [0.15, 0.2) is 29.8 Å². The van der Waals surface area contributed by atoms with Gasteiger partial charge in [-0.2, -0.15) is 4.57 Å². The topological polar surface area (TPSA) is 232 Å². The van der Waals surface area contributed by atoms with Gasteiger partial charge in [-0.3, -0.25) is 14.5 Å². The fraction of sp³-hybridized carbons (Fsp3) is 0.360. The number of amides is 2. The average Bonchev–Trinajstić information content (AvgIpc) is 3.55. The lowest BCUT2D eigenvalue weighted by Crippen LogP contribution is -2.71. The number of carbonyl (C=O) groups excluding carboxylic acids is 2. The Kier molecular flexibility index (Phi) is 9.05. The molecule has 0 radical (unpaired) electrons. The molecule has 44 heavy (non-hydrogen) atoms. The minimum Gasteiger partial charge on any atom is -0.478 e. The summed E-state index contributed by atoms with van der Waals surface area (Å²) < 4.78 is 3.80. The lowest BCUT2D eigenvalue weighted by Gasteiger charge is -2.49. The number of nitrogens with zero attached hydrogens (tertiary/aromatic N) is 6. The van der Waals surface area contributed by atoms with E-state index in [4.69, 9.17) is 33.0 Å². The maximum atomic E-state index is 13.3. The monoisotopic (exact) mass is 664 g/mol. The lowest BCUT2D eigenvalue weighted by atomic mass is 10.0. The summed E-state index contributed by atoms with van der Waals surface area (Å²) in [6.45, 7) is 2.63. The third-order valence-corrected chi connectivity index (χ3v) is 9.25. The highest BCUT2D eigenvalue weighted by Crippen LogP contribution is 2.40. The number of rotatable bonds is 12. The fourth-order valence-electron chi connectivity index (χ4n) is 4.65. The van der Waals surface area contributed by atoms with E-state index in [9.17, 15) is 24.3 Å². The van der Waals surface area contributed by atoms with E-state index in [1.54, 1.807) is 12.5 Å². The molecule has 0 bridgehead atoms. The summed E-state index contributed by atoms with van der Waals surface area (Å²) in [5, 5.41) is 24.7. The number of pyridine rings is 1. The highest BCUT2D eigenvalue weighted by molar-refractivity contribution is 8.00. The van der Waals surface area contributed by atoms with Crippen LogP contribution in [0.25, 0.3) is 11.0 Å². The zero-order valence-corrected chi connectivity index (χ0v) is 25.4. The first-order chi connectivity index (χ1) is 21.0. The number of aliphatic carboxylic acids is 2. The van der Waals surface area contributed by atoms with Crippen molar-refractivity contribution in [2.75, 3.05) is 18.0 Å². The summed E-state index contributed by atoms with van der Waals surface area (Å²) in [6, 6.07) is 0.720. The van der Waals surface area contributed by atoms with Gasteiger partial charge in [0.2, 0.25) is 6.10 Å². The standard InChI is InChI=1S/C25H26ClN9O7S2/c1-11(23(38)39)42-32-16(15-19(26)44-25(28)31-15)20(36)30-17-21(37)35-18(24(40)41)12(9-43-22(17)35)7-33-6-3-13-14(8-33)34(10-29-13)5-2-4-27/h3,6,8,10-11,17,22H,2,4-5,7,9,27H2,1H3,(H4-,28,30,31,36,38,39,40,41)/p+1/b32-16-/t11-,17+,22?/m0/s1. The Labute approximate surface area is 262 Å². The number of thiazole rings is 1. The molecule has 19 heteroatoms. The minimum atomic E-state index is -1.41. The first-order valence-corrected chi connectivity index (χ1v) is 15.4. The molecule has 3 atom stereocenters. The van der Waals surface area contributed by atoms with Gasteiger partial charge in [-0.05, 0) is 19.9 Å². The molecule has 0 aliphatic carbocycles. The zero-order chi connectivity index (χ0) is 31.7. The Morgan fingerprint density at radius 1 is 1.36 bits per heavy atom. The van der Waals surface area contributed by atoms with Crippen molar-refractivity contribution >= 4 is 80.3 Å². The third-order valence-electron chi connectivity index (χ3n) is 6.82. The van der Waals surface area contributed by atoms with Gasteiger partial charge in [0.1, 0.15) is 38.2 Å². The predicted molar refractivity (Wildman–Crippen MR) is 160 cm³/mol. The van der Waals surface area contributed by atoms with Gasteiger partial charge >= 0.3 is 11.9 Å². The summed E-state index contributed by atoms with van der Waals surface area (Å²) in [6.07, 6.45) is 4.75. The first kappa shape index (κ1) is 31.2. The molecule has 2 aliphatic heterocycles. The number of aromatic nitrogens is 4. The normalized spacial score (nSPS) is 19.0. The second kappa shape index (κ2) is 12.8. The van der Waals surface area contributed by atoms with Gasteiger partial charge in [-0.15, -0.1) is 11.8 Å². The molecule has 3 aromatic heterocycles. The van der Waals surface area contributed by atoms with Gasteiger partial charge in [0, 0.05) is 23.9 Å². The van der Waals surface area contributed by atoms with Crippen molar-refractivity contribution in [2.24, 2.45) is 10.9 Å². The van der Waals surface area contributed by atoms with Crippen molar-refractivity contribution in [2.45, 2.75) is 44.0 Å². The number of aryl methyl sites for hydroxylation is 1. The molecule has 1 fully saturated rings. The van der Waals surface area contributed by atoms with Crippen molar-refractivity contribution in [1.29, 1.82) is 0 Å². The van der Waals surface area contributed by atoms with Crippen LogP contribution in [0, 0.1) is 0 Å². The lowest BCUT2D eigenvalue weighted by molar-refractivity contribution is -0.687. The number of carbonyl (C=O) groups is 4. The fourth-order valence-corrected chi connectivity index (χ4v) is 6.91. The van der Waals surface area contributed by atoms with Crippen molar-refractivity contribution in [1.82, 2.24) is 24.8 Å². The third kappa shape index (κ3) is 6.05. The highest BCUT2D eigenvalue weighted by Gasteiger charge is 2.55. The van der Waals surface area contributed by atoms with Crippen LogP contribution < -0.4 is 21.4 Å². The van der Waals surface area contributed by atoms with Crippen LogP contribution in [0.3, 0.4) is 0 Å². The van der Waals surface area contributed by atoms with Crippen LogP contribution in [-0.4, -0.2) is 88.9 Å². The number of thioether (sulfide) groups is 1. The molecular formula is C25H27ClN9O7S2+. The van der Waals surface area contributed by atoms with E-state index in [-0.39, 0.29) is 33.2 Å². The van der Waals surface area contributed by atoms with E-state index in [0.717, 1.165) is 33.7 Å². The SMILES string of the molecule is C[C@H](O/N=C(\C(=O)N[C@@H]1C(=O)N2C(C(=O)O)=C(C[n+]3ccc4ncn(CCCN)c4c3)CSC12)c1nc(N)sc1Cl)C(=O)O. The van der Waals surface area contributed by atoms with Crippen molar-refractivity contribution < 1.29 is 38.8 Å². The maximum absolute atomic E-state index is 13.3. The molecule has 7 N–H and O–H groups in total. The Morgan fingerprint density at radius 3 is 2.80 bits per heavy atom. The number of anilines is 1. The number of nitrogens with one attached hydrogen (secondary N) is 1. The van der Waals surface area contributed by atoms with Crippen molar-refractivity contribution in [3.8, 4) is 0 Å². The van der Waals surface area contributed by atoms with E-state index >= 15 is 0 Å². The van der Waals surface area contributed by atoms with Crippen LogP contribution in [0.15, 0.2) is 41.2 Å². The number of hydrogen-bond acceptors (Lipinski definition) is 12. The molecule has 3 aromatic rings. The molecule has 2 amide bonds. The van der Waals surface area contributed by atoms with Crippen LogP contribution >= 0.6 is 34.7 Å². The van der Waals surface area contributed by atoms with Gasteiger partial charge in [0.05, 0.1) is 6.33 Å². The molecule has 0 saturated carbocycles. The summed E-state index contributed by atoms with van der Waals surface area (Å²) in [7, 11) is 0. The van der Waals surface area contributed by atoms with Crippen LogP contribution in [0.4, 0.5) is 5.13 Å². The molecule has 0 spiro atoms. The van der Waals surface area contributed by atoms with E-state index in [1.807, 2.05) is 21.4 Å². The van der Waals surface area contributed by atoms with Gasteiger partial charge in [-0.1, -0.05) is 28.1 Å². The maximum Gasteiger partial charge on any atom is 0.352 e. The van der Waals surface area contributed by atoms with Crippen molar-refractivity contribution in [3.63, 3.8) is 0 Å². The Balaban J connectivity index is 1.36. The number of imidazole rings is 1. The minimum absolute atomic E-state index is 0.00422. The predicted octanol–water partition coefficient (Wildman–Crippen LogP) is -0.00270. The number of halogens is 1. The summed E-state index contributed by atoms with van der Waals surface area (Å²) in [5.74, 6) is -3.92. The molecule has 16 nitrogen and oxygen atoms in total. The number of β-lactam (4-membered cyclic amide) rings is 1. The van der Waals surface area contributed by atoms with Crippen LogP contribution in [-0.2, 0) is 37.1 Å². The number of oxime groups is 1. The second-order valence-electron chi connectivity index (χ2n) is 9.79. The number of fused-ring (bicyclic) bond motifs is 2. The molecule has 0 aromatic carbocycles. The van der Waals surface area contributed by atoms with E-state index in [2.05, 4.69) is 20.4 Å². The number of carboxylic acid groups (broad SMARTS) is 2. The molecule has 5 rings (SSSR count). The van der Waals surface area contributed by atoms with E-state index in [0.29, 0.717) is 18.7 Å². The Hall–Kier alpha value is -4.26. The number of carboxylic acids is 2. The summed E-state index contributed by atoms with van der Waals surface area (Å²) >= 11 is 8.31. The molecule has 5 heterocycles. The Bertz CT molecular complexity index is 1720. The van der Waals surface area contributed by atoms with Gasteiger partial charge < -0.3 is 36.4 Å². The average molecular weight is 665 g/mol. The number of nitrogens with two attached hydrogens (primary N) is 2. The number of nitrogen functional groups attached to an aromatic ring is 1. The van der Waals surface area contributed by atoms with E-state index in [1.165, 1.54) is 18.7 Å². The van der Waals surface area contributed by atoms with Crippen LogP contribution in [0.2, 0.25) is 4.34 Å². The van der Waals surface area contributed by atoms with Crippen LogP contribution in [0.1, 0.15) is 19.0 Å². The molecule has 232 valence electrons. The van der Waals surface area contributed by atoms with Crippen LogP contribution in [0.5, 0.6) is 0 Å². The Morgan fingerprint density at radius 2 is 2.14 bits per heavy atom. The van der Waals surface area contributed by atoms with E-state index < -0.39 is 47.0 Å². The van der Waals surface area contributed by atoms with Crippen molar-refractivity contribution in [3.05, 3.63) is 46.1 Å². The largest absolute Gasteiger partial charge is 0.478 e. The number of hydrogen-bond donors (Lipinski definition) is 5. The van der Waals surface area contributed by atoms with Gasteiger partial charge in [-0.25, -0.2) is 19.6 Å². The first-order valence-electron chi connectivity index (χ1n) is 13.1. The molecule has 1 saturated heterocycles. The quantitative estimate of drug-likeness (QED) is 0.0745.